The van der Waals surface area contributed by atoms with Crippen LogP contribution in [0.15, 0.2) is 36.4 Å². The summed E-state index contributed by atoms with van der Waals surface area (Å²) < 4.78 is 8.43. The third-order valence-electron chi connectivity index (χ3n) is 3.21. The predicted molar refractivity (Wildman–Crippen MR) is 94.9 cm³/mol. The molecule has 0 aliphatic rings. The van der Waals surface area contributed by atoms with Gasteiger partial charge in [0.05, 0.1) is 29.2 Å². The van der Waals surface area contributed by atoms with Crippen LogP contribution in [0.5, 0.6) is 5.75 Å². The highest BCUT2D eigenvalue weighted by molar-refractivity contribution is 14.1. The largest absolute Gasteiger partial charge is 0.494 e. The number of halogens is 3. The van der Waals surface area contributed by atoms with E-state index in [1.54, 1.807) is 7.11 Å². The molecule has 2 aromatic carbocycles. The van der Waals surface area contributed by atoms with Crippen LogP contribution in [-0.2, 0) is 5.88 Å². The lowest BCUT2D eigenvalue weighted by molar-refractivity contribution is 0.419. The van der Waals surface area contributed by atoms with E-state index in [1.807, 2.05) is 41.0 Å². The number of imidazole rings is 1. The van der Waals surface area contributed by atoms with Crippen LogP contribution in [0.2, 0.25) is 5.02 Å². The van der Waals surface area contributed by atoms with Crippen molar-refractivity contribution in [2.45, 2.75) is 5.88 Å². The van der Waals surface area contributed by atoms with Gasteiger partial charge in [-0.05, 0) is 52.9 Å². The number of nitrogens with zero attached hydrogens (tertiary/aromatic N) is 2. The van der Waals surface area contributed by atoms with E-state index in [-0.39, 0.29) is 0 Å². The van der Waals surface area contributed by atoms with Crippen molar-refractivity contribution < 1.29 is 4.74 Å². The highest BCUT2D eigenvalue weighted by Gasteiger charge is 2.16. The Bertz CT molecular complexity index is 817. The van der Waals surface area contributed by atoms with Gasteiger partial charge < -0.3 is 4.74 Å². The van der Waals surface area contributed by atoms with Crippen molar-refractivity contribution >= 4 is 56.8 Å². The summed E-state index contributed by atoms with van der Waals surface area (Å²) >= 11 is 14.7. The molecular formula is C15H11Cl2IN2O. The number of ether oxygens (including phenoxy) is 1. The highest BCUT2D eigenvalue weighted by Crippen LogP contribution is 2.32. The summed E-state index contributed by atoms with van der Waals surface area (Å²) in [5.41, 5.74) is 2.57. The summed E-state index contributed by atoms with van der Waals surface area (Å²) in [6, 6.07) is 11.7. The van der Waals surface area contributed by atoms with Gasteiger partial charge in [0.2, 0.25) is 0 Å². The Hall–Kier alpha value is -0.980. The monoisotopic (exact) mass is 432 g/mol. The van der Waals surface area contributed by atoms with E-state index in [4.69, 9.17) is 27.9 Å². The topological polar surface area (TPSA) is 27.1 Å². The van der Waals surface area contributed by atoms with E-state index in [0.29, 0.717) is 10.9 Å². The minimum Gasteiger partial charge on any atom is -0.494 e. The number of aromatic nitrogens is 2. The number of rotatable bonds is 3. The minimum absolute atomic E-state index is 0.292. The normalized spacial score (nSPS) is 11.0. The zero-order valence-electron chi connectivity index (χ0n) is 11.1. The van der Waals surface area contributed by atoms with Crippen molar-refractivity contribution in [3.05, 3.63) is 50.8 Å². The molecule has 0 radical (unpaired) electrons. The second-order valence-electron chi connectivity index (χ2n) is 4.42. The van der Waals surface area contributed by atoms with Crippen molar-refractivity contribution in [3.8, 4) is 11.4 Å². The second-order valence-corrected chi connectivity index (χ2v) is 6.34. The molecule has 1 aromatic heterocycles. The molecule has 0 atom stereocenters. The molecule has 3 nitrogen and oxygen atoms in total. The lowest BCUT2D eigenvalue weighted by atomic mass is 10.2. The predicted octanol–water partition coefficient (Wildman–Crippen LogP) is 5.03. The molecule has 3 rings (SSSR count). The van der Waals surface area contributed by atoms with Crippen LogP contribution in [0.25, 0.3) is 16.7 Å². The van der Waals surface area contributed by atoms with Gasteiger partial charge in [-0.25, -0.2) is 4.98 Å². The first kappa shape index (κ1) is 14.9. The van der Waals surface area contributed by atoms with Crippen molar-refractivity contribution in [1.82, 2.24) is 9.55 Å². The van der Waals surface area contributed by atoms with Crippen molar-refractivity contribution in [2.75, 3.05) is 7.11 Å². The maximum absolute atomic E-state index is 6.40. The van der Waals surface area contributed by atoms with Crippen LogP contribution in [0.1, 0.15) is 5.82 Å². The smallest absolute Gasteiger partial charge is 0.146 e. The molecule has 3 aromatic rings. The molecule has 0 aliphatic carbocycles. The molecule has 0 bridgehead atoms. The molecule has 0 saturated carbocycles. The van der Waals surface area contributed by atoms with E-state index < -0.39 is 0 Å². The maximum Gasteiger partial charge on any atom is 0.146 e. The average Bonchev–Trinajstić information content (AvgIpc) is 2.85. The number of methoxy groups -OCH3 is 1. The number of hydrogen-bond acceptors (Lipinski definition) is 2. The zero-order chi connectivity index (χ0) is 15.0. The quantitative estimate of drug-likeness (QED) is 0.428. The Morgan fingerprint density at radius 2 is 2.10 bits per heavy atom. The Morgan fingerprint density at radius 1 is 1.29 bits per heavy atom. The third-order valence-corrected chi connectivity index (χ3v) is 4.42. The molecule has 108 valence electrons. The number of para-hydroxylation sites is 1. The maximum atomic E-state index is 6.40. The highest BCUT2D eigenvalue weighted by atomic mass is 127. The van der Waals surface area contributed by atoms with Gasteiger partial charge in [-0.15, -0.1) is 11.6 Å². The first-order valence-electron chi connectivity index (χ1n) is 6.21. The second kappa shape index (κ2) is 6.02. The summed E-state index contributed by atoms with van der Waals surface area (Å²) in [5.74, 6) is 1.75. The third kappa shape index (κ3) is 2.60. The zero-order valence-corrected chi connectivity index (χ0v) is 14.8. The first-order valence-corrected chi connectivity index (χ1v) is 8.20. The number of alkyl halides is 1. The summed E-state index contributed by atoms with van der Waals surface area (Å²) in [4.78, 5) is 4.59. The lowest BCUT2D eigenvalue weighted by Gasteiger charge is -2.10. The van der Waals surface area contributed by atoms with Gasteiger partial charge >= 0.3 is 0 Å². The molecule has 0 N–H and O–H groups in total. The average molecular weight is 433 g/mol. The van der Waals surface area contributed by atoms with E-state index >= 15 is 0 Å². The molecule has 0 fully saturated rings. The molecule has 0 unspecified atom stereocenters. The Balaban J connectivity index is 2.35. The standard InChI is InChI=1S/C15H11Cl2IN2O/c1-21-13-4-2-3-12-15(13)19-14(8-16)20(12)11-6-5-9(18)7-10(11)17/h2-7H,8H2,1H3. The Kier molecular flexibility index (Phi) is 4.28. The van der Waals surface area contributed by atoms with Crippen molar-refractivity contribution in [2.24, 2.45) is 0 Å². The molecule has 0 spiro atoms. The first-order chi connectivity index (χ1) is 10.2. The summed E-state index contributed by atoms with van der Waals surface area (Å²) in [7, 11) is 1.63. The molecule has 0 amide bonds. The van der Waals surface area contributed by atoms with Gasteiger partial charge in [-0.3, -0.25) is 4.57 Å². The van der Waals surface area contributed by atoms with Gasteiger partial charge in [0.1, 0.15) is 17.1 Å². The van der Waals surface area contributed by atoms with Crippen LogP contribution in [0.3, 0.4) is 0 Å². The fraction of sp³-hybridized carbons (Fsp3) is 0.133. The molecule has 21 heavy (non-hydrogen) atoms. The van der Waals surface area contributed by atoms with E-state index in [9.17, 15) is 0 Å². The molecule has 6 heteroatoms. The summed E-state index contributed by atoms with van der Waals surface area (Å²) in [6.07, 6.45) is 0. The van der Waals surface area contributed by atoms with E-state index in [0.717, 1.165) is 31.9 Å². The molecule has 0 aliphatic heterocycles. The Morgan fingerprint density at radius 3 is 2.76 bits per heavy atom. The van der Waals surface area contributed by atoms with Crippen molar-refractivity contribution in [3.63, 3.8) is 0 Å². The SMILES string of the molecule is COc1cccc2c1nc(CCl)n2-c1ccc(I)cc1Cl. The number of benzene rings is 2. The Labute approximate surface area is 146 Å². The van der Waals surface area contributed by atoms with Crippen LogP contribution in [-0.4, -0.2) is 16.7 Å². The van der Waals surface area contributed by atoms with E-state index in [2.05, 4.69) is 27.6 Å². The molecule has 0 saturated heterocycles. The number of hydrogen-bond donors (Lipinski definition) is 0. The van der Waals surface area contributed by atoms with Crippen molar-refractivity contribution in [1.29, 1.82) is 0 Å². The summed E-state index contributed by atoms with van der Waals surface area (Å²) in [6.45, 7) is 0. The van der Waals surface area contributed by atoms with Gasteiger partial charge in [0.25, 0.3) is 0 Å². The van der Waals surface area contributed by atoms with Gasteiger partial charge in [0.15, 0.2) is 0 Å². The van der Waals surface area contributed by atoms with Crippen LogP contribution in [0, 0.1) is 3.57 Å². The van der Waals surface area contributed by atoms with Crippen LogP contribution in [0.4, 0.5) is 0 Å². The lowest BCUT2D eigenvalue weighted by Crippen LogP contribution is -2.00. The van der Waals surface area contributed by atoms with Crippen LogP contribution >= 0.6 is 45.8 Å². The van der Waals surface area contributed by atoms with Crippen LogP contribution < -0.4 is 4.74 Å². The molecule has 1 heterocycles. The minimum atomic E-state index is 0.292. The number of fused-ring (bicyclic) bond motifs is 1. The van der Waals surface area contributed by atoms with Gasteiger partial charge in [-0.1, -0.05) is 17.7 Å². The van der Waals surface area contributed by atoms with Gasteiger partial charge in [-0.2, -0.15) is 0 Å². The summed E-state index contributed by atoms with van der Waals surface area (Å²) in [5, 5.41) is 0.662. The van der Waals surface area contributed by atoms with E-state index in [1.165, 1.54) is 0 Å². The van der Waals surface area contributed by atoms with Gasteiger partial charge in [0, 0.05) is 3.57 Å². The fourth-order valence-corrected chi connectivity index (χ4v) is 3.43. The fourth-order valence-electron chi connectivity index (χ4n) is 2.31. The molecular weight excluding hydrogens is 422 g/mol.